The molecule has 6 nitrogen and oxygen atoms in total. The number of nitrogens with one attached hydrogen (secondary N) is 1. The zero-order chi connectivity index (χ0) is 19.6. The van der Waals surface area contributed by atoms with E-state index in [-0.39, 0.29) is 6.79 Å². The van der Waals surface area contributed by atoms with Crippen LogP contribution in [0.25, 0.3) is 27.7 Å². The molecular weight excluding hydrogens is 384 g/mol. The van der Waals surface area contributed by atoms with Gasteiger partial charge < -0.3 is 14.8 Å². The van der Waals surface area contributed by atoms with Gasteiger partial charge in [-0.2, -0.15) is 5.26 Å². The van der Waals surface area contributed by atoms with Gasteiger partial charge in [0.05, 0.1) is 11.2 Å². The van der Waals surface area contributed by atoms with Gasteiger partial charge in [0.2, 0.25) is 6.79 Å². The van der Waals surface area contributed by atoms with Crippen molar-refractivity contribution in [2.24, 2.45) is 0 Å². The van der Waals surface area contributed by atoms with Crippen molar-refractivity contribution in [1.82, 2.24) is 9.97 Å². The van der Waals surface area contributed by atoms with E-state index in [1.165, 1.54) is 11.3 Å². The van der Waals surface area contributed by atoms with Gasteiger partial charge in [-0.3, -0.25) is 4.98 Å². The molecule has 1 aliphatic heterocycles. The maximum Gasteiger partial charge on any atom is 0.231 e. The van der Waals surface area contributed by atoms with E-state index in [0.717, 1.165) is 33.6 Å². The summed E-state index contributed by atoms with van der Waals surface area (Å²) in [5, 5.41) is 16.4. The molecule has 4 aromatic rings. The fraction of sp³-hybridized carbons (Fsp3) is 0.0455. The molecule has 0 amide bonds. The number of ether oxygens (including phenoxy) is 2. The minimum Gasteiger partial charge on any atom is -0.454 e. The second kappa shape index (κ2) is 7.26. The molecule has 7 heteroatoms. The van der Waals surface area contributed by atoms with Crippen molar-refractivity contribution in [3.8, 4) is 28.8 Å². The minimum absolute atomic E-state index is 0.235. The normalized spacial score (nSPS) is 12.7. The van der Waals surface area contributed by atoms with Crippen molar-refractivity contribution in [2.45, 2.75) is 0 Å². The molecule has 0 radical (unpaired) electrons. The lowest BCUT2D eigenvalue weighted by Crippen LogP contribution is -1.92. The number of fused-ring (bicyclic) bond motifs is 2. The maximum atomic E-state index is 9.60. The first-order valence-electron chi connectivity index (χ1n) is 8.88. The molecule has 1 aliphatic rings. The average molecular weight is 398 g/mol. The Bertz CT molecular complexity index is 1290. The number of nitriles is 1. The molecule has 3 heterocycles. The van der Waals surface area contributed by atoms with Crippen LogP contribution in [0.4, 0.5) is 5.69 Å². The summed E-state index contributed by atoms with van der Waals surface area (Å²) in [5.74, 6) is 1.44. The summed E-state index contributed by atoms with van der Waals surface area (Å²) >= 11 is 1.42. The van der Waals surface area contributed by atoms with Crippen LogP contribution in [-0.2, 0) is 0 Å². The third kappa shape index (κ3) is 3.37. The lowest BCUT2D eigenvalue weighted by Gasteiger charge is -2.03. The summed E-state index contributed by atoms with van der Waals surface area (Å²) in [4.78, 5) is 8.93. The number of allylic oxidation sites excluding steroid dienone is 1. The summed E-state index contributed by atoms with van der Waals surface area (Å²) in [7, 11) is 0. The zero-order valence-corrected chi connectivity index (χ0v) is 15.9. The van der Waals surface area contributed by atoms with E-state index in [4.69, 9.17) is 9.47 Å². The predicted molar refractivity (Wildman–Crippen MR) is 113 cm³/mol. The summed E-state index contributed by atoms with van der Waals surface area (Å²) in [6, 6.07) is 17.7. The van der Waals surface area contributed by atoms with Crippen LogP contribution in [0.3, 0.4) is 0 Å². The highest BCUT2D eigenvalue weighted by Gasteiger charge is 2.16. The lowest BCUT2D eigenvalue weighted by atomic mass is 10.1. The van der Waals surface area contributed by atoms with Gasteiger partial charge >= 0.3 is 0 Å². The van der Waals surface area contributed by atoms with Gasteiger partial charge in [0, 0.05) is 34.4 Å². The first kappa shape index (κ1) is 17.2. The molecule has 0 spiro atoms. The second-order valence-electron chi connectivity index (χ2n) is 6.33. The maximum absolute atomic E-state index is 9.60. The number of pyridine rings is 1. The molecule has 0 saturated carbocycles. The average Bonchev–Trinajstić information content (AvgIpc) is 3.43. The van der Waals surface area contributed by atoms with Crippen LogP contribution in [0, 0.1) is 11.3 Å². The van der Waals surface area contributed by atoms with Crippen molar-refractivity contribution >= 4 is 33.5 Å². The van der Waals surface area contributed by atoms with E-state index in [1.54, 1.807) is 12.4 Å². The van der Waals surface area contributed by atoms with E-state index in [2.05, 4.69) is 21.4 Å². The number of aromatic nitrogens is 2. The summed E-state index contributed by atoms with van der Waals surface area (Å²) < 4.78 is 10.8. The van der Waals surface area contributed by atoms with E-state index >= 15 is 0 Å². The Hall–Kier alpha value is -3.89. The third-order valence-electron chi connectivity index (χ3n) is 4.51. The first-order valence-corrected chi connectivity index (χ1v) is 9.76. The van der Waals surface area contributed by atoms with Crippen molar-refractivity contribution in [2.75, 3.05) is 12.1 Å². The Labute approximate surface area is 170 Å². The van der Waals surface area contributed by atoms with E-state index < -0.39 is 0 Å². The number of rotatable bonds is 4. The Morgan fingerprint density at radius 2 is 2.07 bits per heavy atom. The Morgan fingerprint density at radius 3 is 3.00 bits per heavy atom. The molecule has 1 N–H and O–H groups in total. The molecular formula is C22H14N4O2S. The van der Waals surface area contributed by atoms with Gasteiger partial charge in [0.1, 0.15) is 16.6 Å². The summed E-state index contributed by atoms with van der Waals surface area (Å²) in [6.07, 6.45) is 3.45. The minimum atomic E-state index is 0.235. The number of hydrogen-bond acceptors (Lipinski definition) is 7. The first-order chi connectivity index (χ1) is 14.3. The van der Waals surface area contributed by atoms with E-state index in [9.17, 15) is 5.26 Å². The molecule has 0 unspecified atom stereocenters. The van der Waals surface area contributed by atoms with Crippen LogP contribution >= 0.6 is 11.3 Å². The Kier molecular flexibility index (Phi) is 4.31. The summed E-state index contributed by atoms with van der Waals surface area (Å²) in [5.41, 5.74) is 3.99. The summed E-state index contributed by atoms with van der Waals surface area (Å²) in [6.45, 7) is 0.235. The highest BCUT2D eigenvalue weighted by Crippen LogP contribution is 2.36. The highest BCUT2D eigenvalue weighted by molar-refractivity contribution is 7.11. The van der Waals surface area contributed by atoms with E-state index in [1.807, 2.05) is 53.9 Å². The van der Waals surface area contributed by atoms with Crippen molar-refractivity contribution in [3.63, 3.8) is 0 Å². The van der Waals surface area contributed by atoms with Crippen LogP contribution in [0.1, 0.15) is 5.01 Å². The number of benzene rings is 2. The molecule has 0 fully saturated rings. The van der Waals surface area contributed by atoms with Crippen LogP contribution in [0.5, 0.6) is 11.5 Å². The van der Waals surface area contributed by atoms with Crippen LogP contribution in [0.2, 0.25) is 0 Å². The number of anilines is 1. The number of nitrogens with zero attached hydrogens (tertiary/aromatic N) is 3. The Balaban J connectivity index is 1.39. The molecule has 29 heavy (non-hydrogen) atoms. The van der Waals surface area contributed by atoms with Gasteiger partial charge in [0.25, 0.3) is 0 Å². The van der Waals surface area contributed by atoms with E-state index in [0.29, 0.717) is 16.3 Å². The highest BCUT2D eigenvalue weighted by atomic mass is 32.1. The molecule has 0 bridgehead atoms. The molecule has 140 valence electrons. The van der Waals surface area contributed by atoms with Crippen LogP contribution in [-0.4, -0.2) is 16.8 Å². The van der Waals surface area contributed by atoms with Gasteiger partial charge in [-0.05, 0) is 42.5 Å². The molecule has 0 saturated heterocycles. The smallest absolute Gasteiger partial charge is 0.231 e. The fourth-order valence-electron chi connectivity index (χ4n) is 3.05. The number of thiazole rings is 1. The standard InChI is InChI=1S/C22H14N4O2S/c23-10-16(11-25-17-4-5-18-14(8-17)2-1-7-24-18)22-26-19(12-29-22)15-3-6-20-21(9-15)28-13-27-20/h1-9,11-12,25H,13H2/b16-11-. The van der Waals surface area contributed by atoms with Crippen molar-refractivity contribution in [3.05, 3.63) is 71.3 Å². The third-order valence-corrected chi connectivity index (χ3v) is 5.39. The van der Waals surface area contributed by atoms with Gasteiger partial charge in [0.15, 0.2) is 11.5 Å². The van der Waals surface area contributed by atoms with Crippen molar-refractivity contribution < 1.29 is 9.47 Å². The Morgan fingerprint density at radius 1 is 1.14 bits per heavy atom. The second-order valence-corrected chi connectivity index (χ2v) is 7.19. The van der Waals surface area contributed by atoms with Gasteiger partial charge in [-0.1, -0.05) is 6.07 Å². The molecule has 0 aliphatic carbocycles. The van der Waals surface area contributed by atoms with Crippen LogP contribution < -0.4 is 14.8 Å². The molecule has 2 aromatic carbocycles. The van der Waals surface area contributed by atoms with Gasteiger partial charge in [-0.25, -0.2) is 4.98 Å². The molecule has 2 aromatic heterocycles. The monoisotopic (exact) mass is 398 g/mol. The fourth-order valence-corrected chi connectivity index (χ4v) is 3.84. The largest absolute Gasteiger partial charge is 0.454 e. The molecule has 0 atom stereocenters. The SMILES string of the molecule is N#C/C(=C/Nc1ccc2ncccc2c1)c1nc(-c2ccc3c(c2)OCO3)cs1. The quantitative estimate of drug-likeness (QED) is 0.484. The molecule has 5 rings (SSSR count). The topological polar surface area (TPSA) is 80.1 Å². The van der Waals surface area contributed by atoms with Crippen LogP contribution in [0.15, 0.2) is 66.3 Å². The zero-order valence-electron chi connectivity index (χ0n) is 15.1. The van der Waals surface area contributed by atoms with Gasteiger partial charge in [-0.15, -0.1) is 11.3 Å². The number of hydrogen-bond donors (Lipinski definition) is 1. The predicted octanol–water partition coefficient (Wildman–Crippen LogP) is 5.06. The van der Waals surface area contributed by atoms with Crippen molar-refractivity contribution in [1.29, 1.82) is 5.26 Å². The lowest BCUT2D eigenvalue weighted by molar-refractivity contribution is 0.174.